The average molecular weight is 370 g/mol. The van der Waals surface area contributed by atoms with E-state index in [2.05, 4.69) is 33.0 Å². The van der Waals surface area contributed by atoms with E-state index in [0.29, 0.717) is 19.8 Å². The Balaban J connectivity index is 1.37. The lowest BCUT2D eigenvalue weighted by atomic mass is 10.1. The van der Waals surface area contributed by atoms with Crippen molar-refractivity contribution in [1.82, 2.24) is 25.1 Å². The summed E-state index contributed by atoms with van der Waals surface area (Å²) in [5, 5.41) is 13.7. The van der Waals surface area contributed by atoms with Gasteiger partial charge in [0, 0.05) is 18.7 Å². The predicted octanol–water partition coefficient (Wildman–Crippen LogP) is 0.418. The zero-order valence-corrected chi connectivity index (χ0v) is 15.0. The van der Waals surface area contributed by atoms with Gasteiger partial charge in [-0.15, -0.1) is 5.10 Å². The van der Waals surface area contributed by atoms with Gasteiger partial charge in [0.05, 0.1) is 19.3 Å². The van der Waals surface area contributed by atoms with Crippen LogP contribution in [0.2, 0.25) is 0 Å². The molecule has 9 nitrogen and oxygen atoms in total. The number of carbonyl (C=O) groups excluding carboxylic acids is 2. The van der Waals surface area contributed by atoms with Gasteiger partial charge in [0.25, 0.3) is 0 Å². The molecule has 9 heteroatoms. The van der Waals surface area contributed by atoms with E-state index in [9.17, 15) is 9.59 Å². The fourth-order valence-electron chi connectivity index (χ4n) is 3.71. The Bertz CT molecular complexity index is 823. The third-order valence-corrected chi connectivity index (χ3v) is 5.04. The topological polar surface area (TPSA) is 102 Å². The molecule has 1 atom stereocenters. The Hall–Kier alpha value is -2.81. The molecule has 27 heavy (non-hydrogen) atoms. The minimum atomic E-state index is -0.294. The molecule has 1 aliphatic carbocycles. The number of aromatic nitrogens is 4. The van der Waals surface area contributed by atoms with Gasteiger partial charge in [-0.2, -0.15) is 0 Å². The van der Waals surface area contributed by atoms with E-state index in [1.54, 1.807) is 4.90 Å². The van der Waals surface area contributed by atoms with Gasteiger partial charge in [-0.25, -0.2) is 4.68 Å². The fraction of sp³-hybridized carbons (Fsp3) is 0.500. The van der Waals surface area contributed by atoms with Crippen LogP contribution in [0, 0.1) is 0 Å². The second-order valence-electron chi connectivity index (χ2n) is 6.91. The van der Waals surface area contributed by atoms with Gasteiger partial charge >= 0.3 is 0 Å². The number of fused-ring (bicyclic) bond motifs is 1. The molecule has 4 rings (SSSR count). The van der Waals surface area contributed by atoms with Gasteiger partial charge in [0.15, 0.2) is 0 Å². The fourth-order valence-corrected chi connectivity index (χ4v) is 3.71. The van der Waals surface area contributed by atoms with Crippen molar-refractivity contribution < 1.29 is 14.3 Å². The number of rotatable bonds is 5. The minimum absolute atomic E-state index is 0.0515. The van der Waals surface area contributed by atoms with E-state index in [-0.39, 0.29) is 30.8 Å². The van der Waals surface area contributed by atoms with Crippen molar-refractivity contribution in [3.8, 4) is 0 Å². The molecule has 1 saturated heterocycles. The monoisotopic (exact) mass is 370 g/mol. The van der Waals surface area contributed by atoms with Crippen LogP contribution in [0.5, 0.6) is 0 Å². The normalized spacial score (nSPS) is 19.0. The van der Waals surface area contributed by atoms with Crippen LogP contribution in [0.15, 0.2) is 24.5 Å². The molecule has 1 unspecified atom stereocenters. The zero-order chi connectivity index (χ0) is 18.6. The van der Waals surface area contributed by atoms with Crippen LogP contribution in [0.3, 0.4) is 0 Å². The summed E-state index contributed by atoms with van der Waals surface area (Å²) in [7, 11) is 0. The number of hydrogen-bond acceptors (Lipinski definition) is 6. The number of nitrogens with zero attached hydrogens (tertiary/aromatic N) is 5. The van der Waals surface area contributed by atoms with Crippen molar-refractivity contribution >= 4 is 17.5 Å². The summed E-state index contributed by atoms with van der Waals surface area (Å²) in [6.07, 6.45) is 4.94. The minimum Gasteiger partial charge on any atom is -0.377 e. The molecule has 0 bridgehead atoms. The molecule has 2 aromatic rings. The Morgan fingerprint density at radius 1 is 1.26 bits per heavy atom. The molecule has 2 heterocycles. The molecule has 0 radical (unpaired) electrons. The summed E-state index contributed by atoms with van der Waals surface area (Å²) in [6.45, 7) is 1.32. The molecule has 1 fully saturated rings. The number of tetrazole rings is 1. The summed E-state index contributed by atoms with van der Waals surface area (Å²) >= 11 is 0. The van der Waals surface area contributed by atoms with E-state index in [4.69, 9.17) is 4.74 Å². The molecule has 142 valence electrons. The van der Waals surface area contributed by atoms with Gasteiger partial charge in [0.1, 0.15) is 12.9 Å². The van der Waals surface area contributed by atoms with Crippen molar-refractivity contribution in [3.05, 3.63) is 35.7 Å². The highest BCUT2D eigenvalue weighted by Crippen LogP contribution is 2.25. The highest BCUT2D eigenvalue weighted by molar-refractivity contribution is 5.91. The molecular formula is C18H22N6O3. The summed E-state index contributed by atoms with van der Waals surface area (Å²) in [5.41, 5.74) is 3.49. The third-order valence-electron chi connectivity index (χ3n) is 5.04. The number of carbonyl (C=O) groups is 2. The van der Waals surface area contributed by atoms with E-state index >= 15 is 0 Å². The molecule has 0 spiro atoms. The second kappa shape index (κ2) is 7.83. The van der Waals surface area contributed by atoms with Crippen molar-refractivity contribution in [1.29, 1.82) is 0 Å². The largest absolute Gasteiger partial charge is 0.377 e. The average Bonchev–Trinajstić information content (AvgIpc) is 3.33. The quantitative estimate of drug-likeness (QED) is 0.818. The Kier molecular flexibility index (Phi) is 5.10. The molecule has 1 aromatic heterocycles. The predicted molar refractivity (Wildman–Crippen MR) is 95.9 cm³/mol. The first-order chi connectivity index (χ1) is 13.2. The number of hydrogen-bond donors (Lipinski definition) is 1. The molecule has 1 aromatic carbocycles. The van der Waals surface area contributed by atoms with Crippen LogP contribution in [0.4, 0.5) is 5.69 Å². The molecule has 0 saturated carbocycles. The van der Waals surface area contributed by atoms with Gasteiger partial charge in [-0.3, -0.25) is 9.59 Å². The number of amides is 2. The number of benzene rings is 1. The van der Waals surface area contributed by atoms with Crippen molar-refractivity contribution in [2.45, 2.75) is 38.3 Å². The van der Waals surface area contributed by atoms with Gasteiger partial charge in [-0.1, -0.05) is 6.07 Å². The van der Waals surface area contributed by atoms with Crippen LogP contribution < -0.4 is 5.32 Å². The summed E-state index contributed by atoms with van der Waals surface area (Å²) in [6, 6.07) is 5.79. The highest BCUT2D eigenvalue weighted by Gasteiger charge is 2.29. The van der Waals surface area contributed by atoms with Crippen LogP contribution in [-0.2, 0) is 33.7 Å². The lowest BCUT2D eigenvalue weighted by Gasteiger charge is -2.35. The zero-order valence-electron chi connectivity index (χ0n) is 15.0. The van der Waals surface area contributed by atoms with Gasteiger partial charge < -0.3 is 15.0 Å². The van der Waals surface area contributed by atoms with E-state index < -0.39 is 0 Å². The Morgan fingerprint density at radius 2 is 2.15 bits per heavy atom. The second-order valence-corrected chi connectivity index (χ2v) is 6.91. The van der Waals surface area contributed by atoms with E-state index in [0.717, 1.165) is 18.5 Å². The third kappa shape index (κ3) is 4.13. The van der Waals surface area contributed by atoms with E-state index in [1.807, 2.05) is 6.07 Å². The number of anilines is 1. The molecule has 2 amide bonds. The van der Waals surface area contributed by atoms with Crippen LogP contribution in [-0.4, -0.2) is 62.7 Å². The molecule has 1 N–H and O–H groups in total. The summed E-state index contributed by atoms with van der Waals surface area (Å²) in [4.78, 5) is 26.8. The summed E-state index contributed by atoms with van der Waals surface area (Å²) < 4.78 is 6.86. The molecule has 2 aliphatic rings. The summed E-state index contributed by atoms with van der Waals surface area (Å²) in [5.74, 6) is -0.246. The van der Waals surface area contributed by atoms with Crippen molar-refractivity contribution in [2.24, 2.45) is 0 Å². The van der Waals surface area contributed by atoms with Crippen LogP contribution >= 0.6 is 0 Å². The number of ether oxygens (including phenoxy) is 1. The Labute approximate surface area is 156 Å². The van der Waals surface area contributed by atoms with E-state index in [1.165, 1.54) is 28.6 Å². The SMILES string of the molecule is O=C(CC1COCCN1C(=O)Cn1cnnn1)Nc1ccc2c(c1)CCC2. The van der Waals surface area contributed by atoms with Crippen LogP contribution in [0.25, 0.3) is 0 Å². The smallest absolute Gasteiger partial charge is 0.244 e. The maximum Gasteiger partial charge on any atom is 0.244 e. The number of morpholine rings is 1. The maximum absolute atomic E-state index is 12.6. The standard InChI is InChI=1S/C18H22N6O3/c25-17(20-15-5-4-13-2-1-3-14(13)8-15)9-16-11-27-7-6-24(16)18(26)10-23-12-19-21-22-23/h4-5,8,12,16H,1-3,6-7,9-11H2,(H,20,25). The highest BCUT2D eigenvalue weighted by atomic mass is 16.5. The van der Waals surface area contributed by atoms with Gasteiger partial charge in [-0.05, 0) is 52.9 Å². The first-order valence-corrected chi connectivity index (χ1v) is 9.19. The number of aryl methyl sites for hydroxylation is 2. The maximum atomic E-state index is 12.6. The van der Waals surface area contributed by atoms with Gasteiger partial charge in [0.2, 0.25) is 11.8 Å². The lowest BCUT2D eigenvalue weighted by Crippen LogP contribution is -2.51. The first-order valence-electron chi connectivity index (χ1n) is 9.19. The lowest BCUT2D eigenvalue weighted by molar-refractivity contribution is -0.142. The molecule has 1 aliphatic heterocycles. The number of nitrogens with one attached hydrogen (secondary N) is 1. The van der Waals surface area contributed by atoms with Crippen LogP contribution in [0.1, 0.15) is 24.0 Å². The van der Waals surface area contributed by atoms with Crippen molar-refractivity contribution in [3.63, 3.8) is 0 Å². The molecular weight excluding hydrogens is 348 g/mol. The van der Waals surface area contributed by atoms with Crippen molar-refractivity contribution in [2.75, 3.05) is 25.1 Å². The first kappa shape index (κ1) is 17.6. The Morgan fingerprint density at radius 3 is 3.00 bits per heavy atom.